The number of rotatable bonds is 5. The molecule has 0 spiro atoms. The molecular weight excluding hydrogens is 263 g/mol. The molecule has 0 saturated carbocycles. The summed E-state index contributed by atoms with van der Waals surface area (Å²) in [4.78, 5) is 4.09. The van der Waals surface area contributed by atoms with Crippen LogP contribution in [-0.2, 0) is 6.42 Å². The molecule has 2 rings (SSSR count). The van der Waals surface area contributed by atoms with E-state index < -0.39 is 0 Å². The molecular formula is C13H16N2Se. The standard InChI is InChI=1S/C13H16N2Se/c1-2-3-6-12-7-4-5-8-13(12)16-15-10-9-14-11-15/h4-5,7-11H,2-3,6H2,1H3. The molecule has 0 radical (unpaired) electrons. The predicted octanol–water partition coefficient (Wildman–Crippen LogP) is 2.02. The Kier molecular flexibility index (Phi) is 4.20. The Bertz CT molecular complexity index is 423. The Labute approximate surface area is 103 Å². The van der Waals surface area contributed by atoms with Crippen LogP contribution >= 0.6 is 0 Å². The van der Waals surface area contributed by atoms with Gasteiger partial charge >= 0.3 is 103 Å². The minimum absolute atomic E-state index is 0.334. The topological polar surface area (TPSA) is 17.8 Å². The van der Waals surface area contributed by atoms with Crippen LogP contribution in [0.2, 0.25) is 0 Å². The zero-order valence-corrected chi connectivity index (χ0v) is 11.2. The molecule has 0 amide bonds. The number of benzene rings is 1. The van der Waals surface area contributed by atoms with E-state index in [1.807, 2.05) is 18.7 Å². The fourth-order valence-corrected chi connectivity index (χ4v) is 3.41. The number of aryl methyl sites for hydroxylation is 1. The molecule has 0 aliphatic rings. The van der Waals surface area contributed by atoms with Crippen molar-refractivity contribution >= 4 is 19.6 Å². The van der Waals surface area contributed by atoms with Crippen LogP contribution in [0.25, 0.3) is 0 Å². The molecule has 0 saturated heterocycles. The van der Waals surface area contributed by atoms with Gasteiger partial charge in [0.1, 0.15) is 0 Å². The van der Waals surface area contributed by atoms with Gasteiger partial charge in [-0.15, -0.1) is 0 Å². The third kappa shape index (κ3) is 2.97. The first kappa shape index (κ1) is 11.4. The Balaban J connectivity index is 2.13. The van der Waals surface area contributed by atoms with E-state index in [0.29, 0.717) is 15.2 Å². The second kappa shape index (κ2) is 5.88. The molecule has 1 aromatic carbocycles. The number of unbranched alkanes of at least 4 members (excludes halogenated alkanes) is 1. The molecule has 16 heavy (non-hydrogen) atoms. The first-order valence-corrected chi connectivity index (χ1v) is 7.26. The fourth-order valence-electron chi connectivity index (χ4n) is 1.58. The van der Waals surface area contributed by atoms with Crippen LogP contribution in [0.5, 0.6) is 0 Å². The van der Waals surface area contributed by atoms with E-state index in [-0.39, 0.29) is 0 Å². The molecule has 1 aromatic heterocycles. The molecule has 0 atom stereocenters. The van der Waals surface area contributed by atoms with Crippen molar-refractivity contribution in [2.45, 2.75) is 26.2 Å². The quantitative estimate of drug-likeness (QED) is 0.766. The van der Waals surface area contributed by atoms with Crippen molar-refractivity contribution in [1.82, 2.24) is 8.57 Å². The number of hydrogen-bond donors (Lipinski definition) is 0. The summed E-state index contributed by atoms with van der Waals surface area (Å²) >= 11 is 0.334. The Morgan fingerprint density at radius 3 is 2.94 bits per heavy atom. The van der Waals surface area contributed by atoms with Crippen molar-refractivity contribution < 1.29 is 0 Å². The summed E-state index contributed by atoms with van der Waals surface area (Å²) in [6.07, 6.45) is 9.51. The monoisotopic (exact) mass is 280 g/mol. The Morgan fingerprint density at radius 2 is 2.19 bits per heavy atom. The first-order chi connectivity index (χ1) is 7.90. The van der Waals surface area contributed by atoms with Crippen LogP contribution in [0.4, 0.5) is 0 Å². The van der Waals surface area contributed by atoms with Gasteiger partial charge in [-0.2, -0.15) is 0 Å². The minimum atomic E-state index is 0.334. The summed E-state index contributed by atoms with van der Waals surface area (Å²) in [6.45, 7) is 2.24. The van der Waals surface area contributed by atoms with Crippen LogP contribution < -0.4 is 4.46 Å². The SMILES string of the molecule is CCCCc1ccccc1[Se]n1ccnc1. The molecule has 0 N–H and O–H groups in total. The Hall–Kier alpha value is -1.05. The molecule has 0 aliphatic heterocycles. The van der Waals surface area contributed by atoms with Gasteiger partial charge in [0.25, 0.3) is 0 Å². The number of nitrogens with zero attached hydrogens (tertiary/aromatic N) is 2. The van der Waals surface area contributed by atoms with Crippen LogP contribution in [0.15, 0.2) is 43.0 Å². The van der Waals surface area contributed by atoms with Crippen molar-refractivity contribution in [2.75, 3.05) is 0 Å². The van der Waals surface area contributed by atoms with E-state index in [9.17, 15) is 0 Å². The average Bonchev–Trinajstić information content (AvgIpc) is 2.81. The molecule has 84 valence electrons. The Morgan fingerprint density at radius 1 is 1.31 bits per heavy atom. The van der Waals surface area contributed by atoms with E-state index in [1.54, 1.807) is 0 Å². The molecule has 3 heteroatoms. The summed E-state index contributed by atoms with van der Waals surface area (Å²) < 4.78 is 3.65. The van der Waals surface area contributed by atoms with Crippen molar-refractivity contribution in [3.8, 4) is 0 Å². The maximum absolute atomic E-state index is 4.09. The molecule has 0 bridgehead atoms. The van der Waals surface area contributed by atoms with Gasteiger partial charge in [-0.25, -0.2) is 0 Å². The second-order valence-electron chi connectivity index (χ2n) is 3.73. The van der Waals surface area contributed by atoms with Crippen LogP contribution in [-0.4, -0.2) is 23.7 Å². The van der Waals surface area contributed by atoms with Crippen molar-refractivity contribution in [3.63, 3.8) is 0 Å². The molecule has 0 fully saturated rings. The zero-order valence-electron chi connectivity index (χ0n) is 9.47. The van der Waals surface area contributed by atoms with Gasteiger partial charge in [-0.3, -0.25) is 0 Å². The third-order valence-corrected chi connectivity index (χ3v) is 4.60. The van der Waals surface area contributed by atoms with Gasteiger partial charge < -0.3 is 0 Å². The van der Waals surface area contributed by atoms with Crippen molar-refractivity contribution in [3.05, 3.63) is 48.5 Å². The normalized spacial score (nSPS) is 10.6. The summed E-state index contributed by atoms with van der Waals surface area (Å²) in [5, 5.41) is 0. The van der Waals surface area contributed by atoms with Gasteiger partial charge in [0, 0.05) is 0 Å². The average molecular weight is 279 g/mol. The van der Waals surface area contributed by atoms with Crippen molar-refractivity contribution in [1.29, 1.82) is 0 Å². The fraction of sp³-hybridized carbons (Fsp3) is 0.308. The molecule has 2 nitrogen and oxygen atoms in total. The van der Waals surface area contributed by atoms with Crippen LogP contribution in [0.1, 0.15) is 25.3 Å². The van der Waals surface area contributed by atoms with Crippen LogP contribution in [0, 0.1) is 0 Å². The molecule has 0 aliphatic carbocycles. The summed E-state index contributed by atoms with van der Waals surface area (Å²) in [7, 11) is 0. The summed E-state index contributed by atoms with van der Waals surface area (Å²) in [5.41, 5.74) is 1.50. The van der Waals surface area contributed by atoms with Crippen LogP contribution in [0.3, 0.4) is 0 Å². The first-order valence-electron chi connectivity index (χ1n) is 5.64. The van der Waals surface area contributed by atoms with E-state index in [1.165, 1.54) is 29.3 Å². The summed E-state index contributed by atoms with van der Waals surface area (Å²) in [5.74, 6) is 0. The number of imidazole rings is 1. The number of aromatic nitrogens is 2. The predicted molar refractivity (Wildman–Crippen MR) is 68.1 cm³/mol. The van der Waals surface area contributed by atoms with E-state index >= 15 is 0 Å². The van der Waals surface area contributed by atoms with Gasteiger partial charge in [-0.1, -0.05) is 0 Å². The van der Waals surface area contributed by atoms with Gasteiger partial charge in [-0.05, 0) is 0 Å². The molecule has 2 aromatic rings. The number of hydrogen-bond acceptors (Lipinski definition) is 1. The molecule has 0 unspecified atom stereocenters. The van der Waals surface area contributed by atoms with E-state index in [0.717, 1.165) is 0 Å². The third-order valence-electron chi connectivity index (χ3n) is 2.46. The van der Waals surface area contributed by atoms with Crippen molar-refractivity contribution in [2.24, 2.45) is 0 Å². The van der Waals surface area contributed by atoms with Gasteiger partial charge in [0.2, 0.25) is 0 Å². The summed E-state index contributed by atoms with van der Waals surface area (Å²) in [6, 6.07) is 8.76. The van der Waals surface area contributed by atoms with E-state index in [2.05, 4.69) is 39.8 Å². The van der Waals surface area contributed by atoms with E-state index in [4.69, 9.17) is 0 Å². The van der Waals surface area contributed by atoms with Gasteiger partial charge in [0.15, 0.2) is 0 Å². The molecule has 1 heterocycles. The maximum atomic E-state index is 4.09. The second-order valence-corrected chi connectivity index (χ2v) is 5.92. The van der Waals surface area contributed by atoms with Gasteiger partial charge in [0.05, 0.1) is 0 Å². The zero-order chi connectivity index (χ0) is 11.2.